The van der Waals surface area contributed by atoms with Gasteiger partial charge in [-0.25, -0.2) is 18.4 Å². The fourth-order valence-corrected chi connectivity index (χ4v) is 3.34. The number of rotatable bonds is 8. The number of nitrogens with one attached hydrogen (secondary N) is 1. The summed E-state index contributed by atoms with van der Waals surface area (Å²) in [6, 6.07) is 9.65. The molecule has 1 amide bonds. The Morgan fingerprint density at radius 2 is 1.94 bits per heavy atom. The molecule has 4 aromatic rings. The highest BCUT2D eigenvalue weighted by atomic mass is 16.5. The lowest BCUT2D eigenvalue weighted by Gasteiger charge is -2.06. The number of amides is 1. The average Bonchev–Trinajstić information content (AvgIpc) is 3.30. The monoisotopic (exact) mass is 422 g/mol. The lowest BCUT2D eigenvalue weighted by molar-refractivity contribution is -0.122. The van der Waals surface area contributed by atoms with Gasteiger partial charge >= 0.3 is 5.69 Å². The lowest BCUT2D eigenvalue weighted by Crippen LogP contribution is -2.36. The number of ether oxygens (including phenoxy) is 1. The van der Waals surface area contributed by atoms with E-state index in [1.165, 1.54) is 9.08 Å². The van der Waals surface area contributed by atoms with Gasteiger partial charge in [-0.3, -0.25) is 4.79 Å². The summed E-state index contributed by atoms with van der Waals surface area (Å²) in [6.45, 7) is 6.43. The lowest BCUT2D eigenvalue weighted by atomic mass is 10.1. The molecule has 0 aliphatic rings. The van der Waals surface area contributed by atoms with Crippen LogP contribution in [0, 0.1) is 0 Å². The summed E-state index contributed by atoms with van der Waals surface area (Å²) in [5.74, 6) is 0.570. The van der Waals surface area contributed by atoms with Crippen molar-refractivity contribution < 1.29 is 9.53 Å². The second-order valence-electron chi connectivity index (χ2n) is 7.74. The van der Waals surface area contributed by atoms with Gasteiger partial charge in [-0.05, 0) is 50.6 Å². The summed E-state index contributed by atoms with van der Waals surface area (Å²) in [4.78, 5) is 24.7. The van der Waals surface area contributed by atoms with Gasteiger partial charge in [0.25, 0.3) is 0 Å². The van der Waals surface area contributed by atoms with E-state index >= 15 is 0 Å². The molecule has 0 bridgehead atoms. The third-order valence-electron chi connectivity index (χ3n) is 4.85. The number of unbranched alkanes of at least 4 members (excludes halogenated alkanes) is 1. The van der Waals surface area contributed by atoms with Crippen LogP contribution < -0.4 is 15.7 Å². The Morgan fingerprint density at radius 3 is 2.65 bits per heavy atom. The Balaban J connectivity index is 1.64. The first kappa shape index (κ1) is 20.6. The molecule has 0 radical (unpaired) electrons. The Labute approximate surface area is 179 Å². The van der Waals surface area contributed by atoms with Gasteiger partial charge in [0.15, 0.2) is 5.65 Å². The minimum absolute atomic E-state index is 0.00670. The molecule has 31 heavy (non-hydrogen) atoms. The normalized spacial score (nSPS) is 11.5. The number of fused-ring (bicyclic) bond motifs is 3. The summed E-state index contributed by atoms with van der Waals surface area (Å²) in [5, 5.41) is 11.8. The zero-order valence-corrected chi connectivity index (χ0v) is 17.9. The van der Waals surface area contributed by atoms with E-state index in [2.05, 4.69) is 22.4 Å². The topological polar surface area (TPSA) is 94.9 Å². The Hall–Kier alpha value is -3.62. The molecule has 0 saturated carbocycles. The second-order valence-corrected chi connectivity index (χ2v) is 7.74. The minimum atomic E-state index is -0.368. The van der Waals surface area contributed by atoms with Gasteiger partial charge in [-0.15, -0.1) is 5.10 Å². The van der Waals surface area contributed by atoms with E-state index in [4.69, 9.17) is 4.74 Å². The maximum Gasteiger partial charge on any atom is 0.350 e. The minimum Gasteiger partial charge on any atom is -0.494 e. The van der Waals surface area contributed by atoms with Crippen molar-refractivity contribution in [2.75, 3.05) is 6.61 Å². The molecule has 3 heterocycles. The van der Waals surface area contributed by atoms with Crippen molar-refractivity contribution in [1.82, 2.24) is 29.1 Å². The number of carbonyl (C=O) groups excluding carboxylic acids is 1. The van der Waals surface area contributed by atoms with Crippen LogP contribution in [0.25, 0.3) is 22.4 Å². The van der Waals surface area contributed by atoms with Crippen LogP contribution in [0.4, 0.5) is 0 Å². The van der Waals surface area contributed by atoms with E-state index in [9.17, 15) is 9.59 Å². The summed E-state index contributed by atoms with van der Waals surface area (Å²) in [5.41, 5.74) is 2.45. The molecule has 0 unspecified atom stereocenters. The molecule has 3 aromatic heterocycles. The van der Waals surface area contributed by atoms with Crippen LogP contribution in [0.5, 0.6) is 5.75 Å². The second kappa shape index (κ2) is 8.63. The molecule has 9 nitrogen and oxygen atoms in total. The molecule has 4 rings (SSSR count). The van der Waals surface area contributed by atoms with E-state index in [0.717, 1.165) is 29.8 Å². The molecule has 0 spiro atoms. The number of nitrogens with zero attached hydrogens (tertiary/aromatic N) is 5. The SMILES string of the molecule is CCCCOc1ccc(-c2cc3c4nn(CC(=O)NC(C)C)c(=O)n4ccn3n2)cc1. The smallest absolute Gasteiger partial charge is 0.350 e. The largest absolute Gasteiger partial charge is 0.494 e. The average molecular weight is 422 g/mol. The Bertz CT molecular complexity index is 1270. The highest BCUT2D eigenvalue weighted by Gasteiger charge is 2.15. The predicted octanol–water partition coefficient (Wildman–Crippen LogP) is 2.51. The van der Waals surface area contributed by atoms with Crippen molar-refractivity contribution in [2.24, 2.45) is 0 Å². The Kier molecular flexibility index (Phi) is 5.75. The first-order valence-corrected chi connectivity index (χ1v) is 10.5. The number of benzene rings is 1. The molecular weight excluding hydrogens is 396 g/mol. The summed E-state index contributed by atoms with van der Waals surface area (Å²) in [6.07, 6.45) is 5.43. The zero-order valence-electron chi connectivity index (χ0n) is 17.9. The molecule has 1 aromatic carbocycles. The first-order chi connectivity index (χ1) is 15.0. The third-order valence-corrected chi connectivity index (χ3v) is 4.85. The van der Waals surface area contributed by atoms with Gasteiger partial charge in [0.05, 0.1) is 12.3 Å². The molecule has 9 heteroatoms. The Morgan fingerprint density at radius 1 is 1.16 bits per heavy atom. The molecule has 1 N–H and O–H groups in total. The quantitative estimate of drug-likeness (QED) is 0.440. The van der Waals surface area contributed by atoms with Gasteiger partial charge < -0.3 is 10.1 Å². The molecular formula is C22H26N6O3. The summed E-state index contributed by atoms with van der Waals surface area (Å²) >= 11 is 0. The van der Waals surface area contributed by atoms with Crippen LogP contribution in [-0.2, 0) is 11.3 Å². The molecule has 0 fully saturated rings. The van der Waals surface area contributed by atoms with Crippen molar-refractivity contribution in [1.29, 1.82) is 0 Å². The van der Waals surface area contributed by atoms with Crippen molar-refractivity contribution in [3.8, 4) is 17.0 Å². The molecule has 0 atom stereocenters. The van der Waals surface area contributed by atoms with Crippen LogP contribution in [0.1, 0.15) is 33.6 Å². The van der Waals surface area contributed by atoms with Gasteiger partial charge in [-0.2, -0.15) is 5.10 Å². The summed E-state index contributed by atoms with van der Waals surface area (Å²) < 4.78 is 9.99. The fraction of sp³-hybridized carbons (Fsp3) is 0.364. The summed E-state index contributed by atoms with van der Waals surface area (Å²) in [7, 11) is 0. The first-order valence-electron chi connectivity index (χ1n) is 10.5. The van der Waals surface area contributed by atoms with Gasteiger partial charge in [0.1, 0.15) is 17.8 Å². The van der Waals surface area contributed by atoms with E-state index in [1.54, 1.807) is 16.9 Å². The predicted molar refractivity (Wildman–Crippen MR) is 117 cm³/mol. The maximum absolute atomic E-state index is 12.7. The number of aromatic nitrogens is 5. The molecule has 0 aliphatic carbocycles. The van der Waals surface area contributed by atoms with Gasteiger partial charge in [0.2, 0.25) is 5.91 Å². The van der Waals surface area contributed by atoms with Crippen LogP contribution in [0.15, 0.2) is 47.5 Å². The van der Waals surface area contributed by atoms with E-state index in [1.807, 2.05) is 44.2 Å². The molecule has 162 valence electrons. The maximum atomic E-state index is 12.7. The number of hydrogen-bond donors (Lipinski definition) is 1. The highest BCUT2D eigenvalue weighted by Crippen LogP contribution is 2.24. The molecule has 0 aliphatic heterocycles. The van der Waals surface area contributed by atoms with Crippen LogP contribution >= 0.6 is 0 Å². The van der Waals surface area contributed by atoms with Crippen LogP contribution in [0.2, 0.25) is 0 Å². The number of carbonyl (C=O) groups is 1. The van der Waals surface area contributed by atoms with E-state index < -0.39 is 0 Å². The van der Waals surface area contributed by atoms with Crippen molar-refractivity contribution >= 4 is 17.1 Å². The van der Waals surface area contributed by atoms with E-state index in [0.29, 0.717) is 17.8 Å². The zero-order chi connectivity index (χ0) is 22.0. The van der Waals surface area contributed by atoms with Crippen LogP contribution in [0.3, 0.4) is 0 Å². The van der Waals surface area contributed by atoms with Crippen LogP contribution in [-0.4, -0.2) is 42.4 Å². The van der Waals surface area contributed by atoms with Crippen molar-refractivity contribution in [3.63, 3.8) is 0 Å². The van der Waals surface area contributed by atoms with Gasteiger partial charge in [0, 0.05) is 24.0 Å². The number of hydrogen-bond acceptors (Lipinski definition) is 5. The molecule has 0 saturated heterocycles. The highest BCUT2D eigenvalue weighted by molar-refractivity contribution is 5.78. The van der Waals surface area contributed by atoms with Crippen molar-refractivity contribution in [2.45, 2.75) is 46.2 Å². The standard InChI is InChI=1S/C22H26N6O3/c1-4-5-12-31-17-8-6-16(7-9-17)18-13-19-21-25-28(14-20(29)23-15(2)3)22(30)26(21)10-11-27(19)24-18/h6-11,13,15H,4-5,12,14H2,1-3H3,(H,23,29). The van der Waals surface area contributed by atoms with E-state index in [-0.39, 0.29) is 24.2 Å². The van der Waals surface area contributed by atoms with Crippen molar-refractivity contribution in [3.05, 3.63) is 53.2 Å². The third kappa shape index (κ3) is 4.30. The fourth-order valence-electron chi connectivity index (χ4n) is 3.34. The van der Waals surface area contributed by atoms with Gasteiger partial charge in [-0.1, -0.05) is 13.3 Å².